The molecule has 25 heavy (non-hydrogen) atoms. The third-order valence-corrected chi connectivity index (χ3v) is 4.01. The van der Waals surface area contributed by atoms with Crippen LogP contribution in [0.1, 0.15) is 16.7 Å². The van der Waals surface area contributed by atoms with E-state index in [1.165, 1.54) is 24.3 Å². The van der Waals surface area contributed by atoms with Gasteiger partial charge in [0.05, 0.1) is 5.69 Å². The summed E-state index contributed by atoms with van der Waals surface area (Å²) in [6, 6.07) is 9.80. The summed E-state index contributed by atoms with van der Waals surface area (Å²) in [5.74, 6) is -2.04. The van der Waals surface area contributed by atoms with Crippen LogP contribution < -0.4 is 10.2 Å². The number of nitrogens with zero attached hydrogens (tertiary/aromatic N) is 1. The molecule has 1 aliphatic heterocycles. The summed E-state index contributed by atoms with van der Waals surface area (Å²) in [5.41, 5.74) is 2.41. The van der Waals surface area contributed by atoms with Crippen molar-refractivity contribution >= 4 is 29.6 Å². The molecular formula is C19H15FN2O3. The first kappa shape index (κ1) is 16.6. The lowest BCUT2D eigenvalue weighted by Crippen LogP contribution is -2.54. The van der Waals surface area contributed by atoms with Gasteiger partial charge in [-0.15, -0.1) is 0 Å². The van der Waals surface area contributed by atoms with E-state index in [2.05, 4.69) is 5.32 Å². The largest absolute Gasteiger partial charge is 0.335 e. The summed E-state index contributed by atoms with van der Waals surface area (Å²) in [6.07, 6.45) is 1.27. The second kappa shape index (κ2) is 6.32. The smallest absolute Gasteiger partial charge is 0.273 e. The van der Waals surface area contributed by atoms with Gasteiger partial charge in [0.15, 0.2) is 0 Å². The zero-order chi connectivity index (χ0) is 18.1. The summed E-state index contributed by atoms with van der Waals surface area (Å²) >= 11 is 0. The van der Waals surface area contributed by atoms with E-state index >= 15 is 0 Å². The van der Waals surface area contributed by atoms with Crippen LogP contribution in [0, 0.1) is 19.7 Å². The number of hydrogen-bond donors (Lipinski definition) is 1. The molecule has 0 aliphatic carbocycles. The van der Waals surface area contributed by atoms with E-state index in [9.17, 15) is 18.8 Å². The molecule has 1 aliphatic rings. The minimum Gasteiger partial charge on any atom is -0.273 e. The molecule has 3 rings (SSSR count). The number of amides is 4. The Morgan fingerprint density at radius 1 is 1.00 bits per heavy atom. The average Bonchev–Trinajstić information content (AvgIpc) is 2.55. The highest BCUT2D eigenvalue weighted by Crippen LogP contribution is 2.24. The van der Waals surface area contributed by atoms with Crippen LogP contribution in [0.2, 0.25) is 0 Å². The van der Waals surface area contributed by atoms with Crippen molar-refractivity contribution in [2.75, 3.05) is 4.90 Å². The Labute approximate surface area is 143 Å². The molecule has 2 aromatic rings. The van der Waals surface area contributed by atoms with Gasteiger partial charge in [0.25, 0.3) is 11.8 Å². The van der Waals surface area contributed by atoms with Crippen LogP contribution in [0.25, 0.3) is 6.08 Å². The number of hydrogen-bond acceptors (Lipinski definition) is 3. The third kappa shape index (κ3) is 3.19. The third-order valence-electron chi connectivity index (χ3n) is 4.01. The fraction of sp³-hybridized carbons (Fsp3) is 0.105. The number of carbonyl (C=O) groups is 3. The van der Waals surface area contributed by atoms with Crippen LogP contribution in [-0.4, -0.2) is 17.8 Å². The van der Waals surface area contributed by atoms with Gasteiger partial charge in [0, 0.05) is 0 Å². The lowest BCUT2D eigenvalue weighted by molar-refractivity contribution is -0.122. The van der Waals surface area contributed by atoms with Crippen molar-refractivity contribution in [3.8, 4) is 0 Å². The molecule has 1 heterocycles. The molecule has 5 nitrogen and oxygen atoms in total. The summed E-state index contributed by atoms with van der Waals surface area (Å²) in [4.78, 5) is 37.8. The van der Waals surface area contributed by atoms with Gasteiger partial charge in [0.1, 0.15) is 11.4 Å². The predicted molar refractivity (Wildman–Crippen MR) is 91.3 cm³/mol. The van der Waals surface area contributed by atoms with Crippen molar-refractivity contribution in [1.82, 2.24) is 5.32 Å². The molecule has 1 N–H and O–H groups in total. The van der Waals surface area contributed by atoms with Crippen molar-refractivity contribution in [3.05, 3.63) is 70.5 Å². The highest BCUT2D eigenvalue weighted by molar-refractivity contribution is 6.39. The van der Waals surface area contributed by atoms with Gasteiger partial charge in [-0.2, -0.15) is 0 Å². The Morgan fingerprint density at radius 3 is 2.44 bits per heavy atom. The first-order valence-electron chi connectivity index (χ1n) is 7.61. The number of carbonyl (C=O) groups excluding carboxylic acids is 3. The first-order valence-corrected chi connectivity index (χ1v) is 7.61. The van der Waals surface area contributed by atoms with Gasteiger partial charge in [-0.25, -0.2) is 14.1 Å². The molecule has 1 fully saturated rings. The number of anilines is 1. The van der Waals surface area contributed by atoms with E-state index in [0.717, 1.165) is 16.0 Å². The van der Waals surface area contributed by atoms with Gasteiger partial charge in [-0.1, -0.05) is 18.2 Å². The molecule has 0 aromatic heterocycles. The Balaban J connectivity index is 2.03. The van der Waals surface area contributed by atoms with E-state index in [1.54, 1.807) is 24.3 Å². The number of imide groups is 2. The molecule has 1 saturated heterocycles. The van der Waals surface area contributed by atoms with Gasteiger partial charge in [-0.05, 0) is 60.9 Å². The molecule has 6 heteroatoms. The molecule has 0 unspecified atom stereocenters. The van der Waals surface area contributed by atoms with E-state index in [1.807, 2.05) is 13.8 Å². The lowest BCUT2D eigenvalue weighted by atomic mass is 10.1. The maximum absolute atomic E-state index is 13.3. The van der Waals surface area contributed by atoms with Crippen molar-refractivity contribution < 1.29 is 18.8 Å². The Kier molecular flexibility index (Phi) is 4.19. The van der Waals surface area contributed by atoms with Crippen molar-refractivity contribution in [1.29, 1.82) is 0 Å². The van der Waals surface area contributed by atoms with E-state index in [4.69, 9.17) is 0 Å². The van der Waals surface area contributed by atoms with E-state index < -0.39 is 23.7 Å². The molecule has 0 atom stereocenters. The highest BCUT2D eigenvalue weighted by atomic mass is 19.1. The lowest BCUT2D eigenvalue weighted by Gasteiger charge is -2.26. The highest BCUT2D eigenvalue weighted by Gasteiger charge is 2.36. The number of benzene rings is 2. The Bertz CT molecular complexity index is 934. The topological polar surface area (TPSA) is 66.5 Å². The van der Waals surface area contributed by atoms with Crippen LogP contribution in [0.15, 0.2) is 48.0 Å². The van der Waals surface area contributed by atoms with Crippen LogP contribution in [-0.2, 0) is 9.59 Å². The fourth-order valence-electron chi connectivity index (χ4n) is 2.52. The zero-order valence-corrected chi connectivity index (χ0v) is 13.7. The predicted octanol–water partition coefficient (Wildman–Crippen LogP) is 3.11. The van der Waals surface area contributed by atoms with Gasteiger partial charge in [-0.3, -0.25) is 14.9 Å². The number of aryl methyl sites for hydroxylation is 2. The maximum atomic E-state index is 13.3. The number of halogens is 1. The monoisotopic (exact) mass is 338 g/mol. The fourth-order valence-corrected chi connectivity index (χ4v) is 2.52. The number of rotatable bonds is 2. The SMILES string of the molecule is Cc1ccc(N2C(=O)NC(=O)/C(=C\c3cccc(F)c3)C2=O)cc1C. The molecule has 0 bridgehead atoms. The van der Waals surface area contributed by atoms with Gasteiger partial charge in [0.2, 0.25) is 0 Å². The van der Waals surface area contributed by atoms with Crippen molar-refractivity contribution in [3.63, 3.8) is 0 Å². The second-order valence-electron chi connectivity index (χ2n) is 5.78. The average molecular weight is 338 g/mol. The Morgan fingerprint density at radius 2 is 1.76 bits per heavy atom. The Hall–Kier alpha value is -3.28. The second-order valence-corrected chi connectivity index (χ2v) is 5.78. The van der Waals surface area contributed by atoms with Crippen LogP contribution >= 0.6 is 0 Å². The van der Waals surface area contributed by atoms with E-state index in [0.29, 0.717) is 11.3 Å². The number of urea groups is 1. The first-order chi connectivity index (χ1) is 11.9. The molecule has 2 aromatic carbocycles. The number of nitrogens with one attached hydrogen (secondary N) is 1. The quantitative estimate of drug-likeness (QED) is 0.676. The normalized spacial score (nSPS) is 16.4. The van der Waals surface area contributed by atoms with Crippen LogP contribution in [0.4, 0.5) is 14.9 Å². The zero-order valence-electron chi connectivity index (χ0n) is 13.7. The summed E-state index contributed by atoms with van der Waals surface area (Å²) in [6.45, 7) is 3.77. The summed E-state index contributed by atoms with van der Waals surface area (Å²) in [7, 11) is 0. The van der Waals surface area contributed by atoms with E-state index in [-0.39, 0.29) is 5.57 Å². The van der Waals surface area contributed by atoms with Crippen molar-refractivity contribution in [2.24, 2.45) is 0 Å². The molecule has 0 spiro atoms. The van der Waals surface area contributed by atoms with Gasteiger partial charge < -0.3 is 0 Å². The molecule has 4 amide bonds. The standard InChI is InChI=1S/C19H15FN2O3/c1-11-6-7-15(8-12(11)2)22-18(24)16(17(23)21-19(22)25)10-13-4-3-5-14(20)9-13/h3-10H,1-2H3,(H,21,23,25)/b16-10+. The minimum absolute atomic E-state index is 0.233. The molecular weight excluding hydrogens is 323 g/mol. The van der Waals surface area contributed by atoms with Crippen molar-refractivity contribution in [2.45, 2.75) is 13.8 Å². The maximum Gasteiger partial charge on any atom is 0.335 e. The van der Waals surface area contributed by atoms with Gasteiger partial charge >= 0.3 is 6.03 Å². The van der Waals surface area contributed by atoms with Crippen LogP contribution in [0.5, 0.6) is 0 Å². The summed E-state index contributed by atoms with van der Waals surface area (Å²) in [5, 5.41) is 2.14. The molecule has 0 radical (unpaired) electrons. The van der Waals surface area contributed by atoms with Crippen LogP contribution in [0.3, 0.4) is 0 Å². The minimum atomic E-state index is -0.811. The molecule has 0 saturated carbocycles. The number of barbiturate groups is 1. The summed E-state index contributed by atoms with van der Waals surface area (Å²) < 4.78 is 13.3. The molecule has 126 valence electrons.